The highest BCUT2D eigenvalue weighted by Gasteiger charge is 2.34. The number of aryl methyl sites for hydroxylation is 1. The standard InChI is InChI=1S/C14H11ClF3NO/c1-9-6-10(7-15)8-19-13(9)20-12-5-3-2-4-11(12)14(16,17)18/h2-6,8H,7H2,1H3. The molecule has 0 bridgehead atoms. The van der Waals surface area contributed by atoms with Crippen molar-refractivity contribution in [1.82, 2.24) is 4.98 Å². The monoisotopic (exact) mass is 301 g/mol. The van der Waals surface area contributed by atoms with E-state index in [0.717, 1.165) is 11.6 Å². The van der Waals surface area contributed by atoms with Crippen LogP contribution in [0.4, 0.5) is 13.2 Å². The van der Waals surface area contributed by atoms with E-state index in [-0.39, 0.29) is 17.5 Å². The summed E-state index contributed by atoms with van der Waals surface area (Å²) >= 11 is 5.67. The maximum atomic E-state index is 12.9. The summed E-state index contributed by atoms with van der Waals surface area (Å²) in [5.74, 6) is 0.151. The third kappa shape index (κ3) is 3.22. The molecule has 0 atom stereocenters. The first kappa shape index (κ1) is 14.7. The van der Waals surface area contributed by atoms with Crippen LogP contribution in [0.15, 0.2) is 36.5 Å². The van der Waals surface area contributed by atoms with Gasteiger partial charge in [-0.25, -0.2) is 4.98 Å². The summed E-state index contributed by atoms with van der Waals surface area (Å²) in [5, 5.41) is 0. The van der Waals surface area contributed by atoms with E-state index in [2.05, 4.69) is 4.98 Å². The van der Waals surface area contributed by atoms with Gasteiger partial charge in [-0.15, -0.1) is 11.6 Å². The summed E-state index contributed by atoms with van der Waals surface area (Å²) in [4.78, 5) is 3.99. The van der Waals surface area contributed by atoms with Crippen molar-refractivity contribution in [1.29, 1.82) is 0 Å². The molecule has 0 N–H and O–H groups in total. The third-order valence-corrected chi connectivity index (χ3v) is 2.95. The largest absolute Gasteiger partial charge is 0.438 e. The van der Waals surface area contributed by atoms with Gasteiger partial charge < -0.3 is 4.74 Å². The highest BCUT2D eigenvalue weighted by atomic mass is 35.5. The molecule has 0 saturated heterocycles. The Morgan fingerprint density at radius 3 is 2.55 bits per heavy atom. The fraction of sp³-hybridized carbons (Fsp3) is 0.214. The summed E-state index contributed by atoms with van der Waals surface area (Å²) in [6.07, 6.45) is -2.99. The molecule has 6 heteroatoms. The minimum Gasteiger partial charge on any atom is -0.438 e. The van der Waals surface area contributed by atoms with Crippen LogP contribution in [0.3, 0.4) is 0 Å². The molecule has 106 valence electrons. The lowest BCUT2D eigenvalue weighted by atomic mass is 10.2. The Bertz CT molecular complexity index is 614. The number of nitrogens with zero attached hydrogens (tertiary/aromatic N) is 1. The van der Waals surface area contributed by atoms with Gasteiger partial charge in [-0.05, 0) is 30.7 Å². The van der Waals surface area contributed by atoms with Crippen molar-refractivity contribution in [3.05, 3.63) is 53.2 Å². The average Bonchev–Trinajstić information content (AvgIpc) is 2.40. The molecule has 0 unspecified atom stereocenters. The van der Waals surface area contributed by atoms with Crippen molar-refractivity contribution < 1.29 is 17.9 Å². The number of halogens is 4. The summed E-state index contributed by atoms with van der Waals surface area (Å²) < 4.78 is 43.8. The van der Waals surface area contributed by atoms with Gasteiger partial charge in [0.25, 0.3) is 0 Å². The third-order valence-electron chi connectivity index (χ3n) is 2.64. The Morgan fingerprint density at radius 1 is 1.25 bits per heavy atom. The molecule has 1 heterocycles. The zero-order valence-electron chi connectivity index (χ0n) is 10.5. The Hall–Kier alpha value is -1.75. The molecular weight excluding hydrogens is 291 g/mol. The van der Waals surface area contributed by atoms with Crippen LogP contribution in [0.1, 0.15) is 16.7 Å². The van der Waals surface area contributed by atoms with Crippen LogP contribution in [0.5, 0.6) is 11.6 Å². The lowest BCUT2D eigenvalue weighted by Crippen LogP contribution is -2.07. The Balaban J connectivity index is 2.36. The SMILES string of the molecule is Cc1cc(CCl)cnc1Oc1ccccc1C(F)(F)F. The van der Waals surface area contributed by atoms with Gasteiger partial charge in [0.05, 0.1) is 5.56 Å². The van der Waals surface area contributed by atoms with Gasteiger partial charge in [0.15, 0.2) is 0 Å². The Labute approximate surface area is 119 Å². The van der Waals surface area contributed by atoms with Crippen LogP contribution in [0.2, 0.25) is 0 Å². The normalized spacial score (nSPS) is 11.4. The zero-order valence-corrected chi connectivity index (χ0v) is 11.3. The number of pyridine rings is 1. The van der Waals surface area contributed by atoms with Crippen molar-refractivity contribution in [2.24, 2.45) is 0 Å². The molecule has 0 fully saturated rings. The Morgan fingerprint density at radius 2 is 1.95 bits per heavy atom. The maximum absolute atomic E-state index is 12.9. The van der Waals surface area contributed by atoms with Crippen LogP contribution >= 0.6 is 11.6 Å². The molecule has 1 aromatic carbocycles. The van der Waals surface area contributed by atoms with E-state index in [1.54, 1.807) is 13.0 Å². The molecule has 1 aromatic heterocycles. The van der Waals surface area contributed by atoms with E-state index < -0.39 is 11.7 Å². The zero-order chi connectivity index (χ0) is 14.8. The highest BCUT2D eigenvalue weighted by molar-refractivity contribution is 6.17. The molecule has 0 radical (unpaired) electrons. The topological polar surface area (TPSA) is 22.1 Å². The molecule has 2 aromatic rings. The smallest absolute Gasteiger partial charge is 0.419 e. The predicted molar refractivity (Wildman–Crippen MR) is 70.0 cm³/mol. The number of rotatable bonds is 3. The van der Waals surface area contributed by atoms with Crippen molar-refractivity contribution in [2.75, 3.05) is 0 Å². The lowest BCUT2D eigenvalue weighted by Gasteiger charge is -2.14. The summed E-state index contributed by atoms with van der Waals surface area (Å²) in [7, 11) is 0. The molecule has 0 spiro atoms. The van der Waals surface area contributed by atoms with Crippen LogP contribution in [0, 0.1) is 6.92 Å². The van der Waals surface area contributed by atoms with Crippen molar-refractivity contribution in [3.8, 4) is 11.6 Å². The number of aromatic nitrogens is 1. The molecular formula is C14H11ClF3NO. The minimum atomic E-state index is -4.47. The van der Waals surface area contributed by atoms with Crippen LogP contribution < -0.4 is 4.74 Å². The van der Waals surface area contributed by atoms with Gasteiger partial charge in [0, 0.05) is 17.6 Å². The minimum absolute atomic E-state index is 0.135. The maximum Gasteiger partial charge on any atom is 0.419 e. The van der Waals surface area contributed by atoms with E-state index >= 15 is 0 Å². The molecule has 0 aliphatic heterocycles. The number of alkyl halides is 4. The van der Waals surface area contributed by atoms with E-state index in [9.17, 15) is 13.2 Å². The average molecular weight is 302 g/mol. The number of hydrogen-bond acceptors (Lipinski definition) is 2. The number of para-hydroxylation sites is 1. The van der Waals surface area contributed by atoms with Crippen molar-refractivity contribution in [3.63, 3.8) is 0 Å². The van der Waals surface area contributed by atoms with Gasteiger partial charge in [-0.2, -0.15) is 13.2 Å². The van der Waals surface area contributed by atoms with Gasteiger partial charge in [-0.1, -0.05) is 12.1 Å². The second-order valence-corrected chi connectivity index (χ2v) is 4.46. The number of ether oxygens (including phenoxy) is 1. The number of benzene rings is 1. The van der Waals surface area contributed by atoms with Gasteiger partial charge in [0.2, 0.25) is 5.88 Å². The van der Waals surface area contributed by atoms with Gasteiger partial charge >= 0.3 is 6.18 Å². The lowest BCUT2D eigenvalue weighted by molar-refractivity contribution is -0.138. The molecule has 0 saturated carbocycles. The Kier molecular flexibility index (Phi) is 4.18. The highest BCUT2D eigenvalue weighted by Crippen LogP contribution is 2.38. The van der Waals surface area contributed by atoms with Crippen LogP contribution in [-0.4, -0.2) is 4.98 Å². The van der Waals surface area contributed by atoms with Crippen molar-refractivity contribution >= 4 is 11.6 Å². The van der Waals surface area contributed by atoms with E-state index in [1.807, 2.05) is 0 Å². The molecule has 0 aliphatic carbocycles. The summed E-state index contributed by atoms with van der Waals surface area (Å²) in [6, 6.07) is 6.75. The molecule has 20 heavy (non-hydrogen) atoms. The first-order valence-electron chi connectivity index (χ1n) is 5.77. The summed E-state index contributed by atoms with van der Waals surface area (Å²) in [5.41, 5.74) is 0.573. The van der Waals surface area contributed by atoms with E-state index in [1.165, 1.54) is 24.4 Å². The fourth-order valence-electron chi connectivity index (χ4n) is 1.69. The predicted octanol–water partition coefficient (Wildman–Crippen LogP) is 4.94. The fourth-order valence-corrected chi connectivity index (χ4v) is 1.84. The first-order chi connectivity index (χ1) is 9.41. The molecule has 0 amide bonds. The van der Waals surface area contributed by atoms with Crippen molar-refractivity contribution in [2.45, 2.75) is 19.0 Å². The second kappa shape index (κ2) is 5.71. The van der Waals surface area contributed by atoms with Gasteiger partial charge in [-0.3, -0.25) is 0 Å². The first-order valence-corrected chi connectivity index (χ1v) is 6.31. The van der Waals surface area contributed by atoms with Crippen LogP contribution in [0.25, 0.3) is 0 Å². The summed E-state index contributed by atoms with van der Waals surface area (Å²) in [6.45, 7) is 1.70. The quantitative estimate of drug-likeness (QED) is 0.749. The number of hydrogen-bond donors (Lipinski definition) is 0. The van der Waals surface area contributed by atoms with E-state index in [0.29, 0.717) is 5.56 Å². The van der Waals surface area contributed by atoms with Crippen LogP contribution in [-0.2, 0) is 12.1 Å². The molecule has 0 aliphatic rings. The second-order valence-electron chi connectivity index (χ2n) is 4.20. The van der Waals surface area contributed by atoms with E-state index in [4.69, 9.17) is 16.3 Å². The molecule has 2 rings (SSSR count). The molecule has 2 nitrogen and oxygen atoms in total. The van der Waals surface area contributed by atoms with Gasteiger partial charge in [0.1, 0.15) is 5.75 Å².